The Balaban J connectivity index is 3.00. The van der Waals surface area contributed by atoms with E-state index in [9.17, 15) is 10.1 Å². The Hall–Kier alpha value is -1.40. The van der Waals surface area contributed by atoms with Gasteiger partial charge in [-0.15, -0.1) is 0 Å². The lowest BCUT2D eigenvalue weighted by molar-refractivity contribution is -0.384. The van der Waals surface area contributed by atoms with Crippen LogP contribution >= 0.6 is 11.6 Å². The van der Waals surface area contributed by atoms with Crippen LogP contribution in [0.2, 0.25) is 5.15 Å². The SMILES string of the molecule is COCC(Nc1nc(Cl)ccc1[N+](=O)[O-])C(C)C. The summed E-state index contributed by atoms with van der Waals surface area (Å²) in [5, 5.41) is 14.1. The largest absolute Gasteiger partial charge is 0.383 e. The van der Waals surface area contributed by atoms with E-state index in [4.69, 9.17) is 16.3 Å². The highest BCUT2D eigenvalue weighted by Gasteiger charge is 2.21. The summed E-state index contributed by atoms with van der Waals surface area (Å²) in [5.41, 5.74) is -0.0962. The van der Waals surface area contributed by atoms with Gasteiger partial charge in [-0.2, -0.15) is 0 Å². The van der Waals surface area contributed by atoms with E-state index < -0.39 is 4.92 Å². The summed E-state index contributed by atoms with van der Waals surface area (Å²) in [6.45, 7) is 4.42. The van der Waals surface area contributed by atoms with Crippen molar-refractivity contribution >= 4 is 23.1 Å². The van der Waals surface area contributed by atoms with E-state index in [1.165, 1.54) is 12.1 Å². The molecule has 0 saturated heterocycles. The van der Waals surface area contributed by atoms with Crippen molar-refractivity contribution in [3.8, 4) is 0 Å². The van der Waals surface area contributed by atoms with Gasteiger partial charge in [0.05, 0.1) is 17.6 Å². The minimum Gasteiger partial charge on any atom is -0.383 e. The van der Waals surface area contributed by atoms with Gasteiger partial charge in [0, 0.05) is 13.2 Å². The van der Waals surface area contributed by atoms with Crippen molar-refractivity contribution in [3.05, 3.63) is 27.4 Å². The van der Waals surface area contributed by atoms with E-state index in [-0.39, 0.29) is 28.6 Å². The lowest BCUT2D eigenvalue weighted by Gasteiger charge is -2.21. The average molecular weight is 274 g/mol. The quantitative estimate of drug-likeness (QED) is 0.490. The van der Waals surface area contributed by atoms with Crippen LogP contribution in [-0.4, -0.2) is 29.7 Å². The molecular weight excluding hydrogens is 258 g/mol. The molecule has 1 aromatic heterocycles. The zero-order valence-electron chi connectivity index (χ0n) is 10.5. The van der Waals surface area contributed by atoms with Crippen LogP contribution in [0, 0.1) is 16.0 Å². The van der Waals surface area contributed by atoms with Crippen molar-refractivity contribution in [1.82, 2.24) is 4.98 Å². The number of ether oxygens (including phenoxy) is 1. The minimum atomic E-state index is -0.490. The van der Waals surface area contributed by atoms with E-state index in [1.54, 1.807) is 7.11 Å². The molecule has 6 nitrogen and oxygen atoms in total. The molecule has 18 heavy (non-hydrogen) atoms. The van der Waals surface area contributed by atoms with Gasteiger partial charge in [0.25, 0.3) is 0 Å². The zero-order chi connectivity index (χ0) is 13.7. The third-order valence-electron chi connectivity index (χ3n) is 2.51. The number of pyridine rings is 1. The van der Waals surface area contributed by atoms with Crippen LogP contribution in [-0.2, 0) is 4.74 Å². The fourth-order valence-electron chi connectivity index (χ4n) is 1.44. The zero-order valence-corrected chi connectivity index (χ0v) is 11.3. The first-order valence-electron chi connectivity index (χ1n) is 5.52. The van der Waals surface area contributed by atoms with Crippen LogP contribution in [0.5, 0.6) is 0 Å². The third kappa shape index (κ3) is 3.82. The molecule has 1 rings (SSSR count). The van der Waals surface area contributed by atoms with Crippen LogP contribution in [0.4, 0.5) is 11.5 Å². The summed E-state index contributed by atoms with van der Waals surface area (Å²) in [6, 6.07) is 2.66. The predicted octanol–water partition coefficient (Wildman–Crippen LogP) is 2.73. The number of nitro groups is 1. The monoisotopic (exact) mass is 273 g/mol. The Bertz CT molecular complexity index is 426. The molecule has 0 radical (unpaired) electrons. The Morgan fingerprint density at radius 3 is 2.72 bits per heavy atom. The number of halogens is 1. The lowest BCUT2D eigenvalue weighted by Crippen LogP contribution is -2.31. The van der Waals surface area contributed by atoms with Crippen LogP contribution in [0.15, 0.2) is 12.1 Å². The van der Waals surface area contributed by atoms with Crippen molar-refractivity contribution in [2.24, 2.45) is 5.92 Å². The number of nitrogens with zero attached hydrogens (tertiary/aromatic N) is 2. The highest BCUT2D eigenvalue weighted by molar-refractivity contribution is 6.29. The molecule has 0 fully saturated rings. The molecule has 0 saturated carbocycles. The molecule has 1 N–H and O–H groups in total. The second kappa shape index (κ2) is 6.51. The standard InChI is InChI=1S/C11H16ClN3O3/c1-7(2)8(6-18-3)13-11-9(15(16)17)4-5-10(12)14-11/h4-5,7-8H,6H2,1-3H3,(H,13,14). The van der Waals surface area contributed by atoms with Crippen molar-refractivity contribution in [2.45, 2.75) is 19.9 Å². The lowest BCUT2D eigenvalue weighted by atomic mass is 10.1. The Morgan fingerprint density at radius 1 is 1.56 bits per heavy atom. The first kappa shape index (κ1) is 14.7. The summed E-state index contributed by atoms with van der Waals surface area (Å²) < 4.78 is 5.07. The first-order valence-corrected chi connectivity index (χ1v) is 5.90. The molecule has 0 bridgehead atoms. The van der Waals surface area contributed by atoms with Gasteiger partial charge in [-0.25, -0.2) is 4.98 Å². The minimum absolute atomic E-state index is 0.0698. The van der Waals surface area contributed by atoms with E-state index in [2.05, 4.69) is 10.3 Å². The molecule has 7 heteroatoms. The molecule has 0 aromatic carbocycles. The highest BCUT2D eigenvalue weighted by atomic mass is 35.5. The topological polar surface area (TPSA) is 77.3 Å². The molecule has 1 atom stereocenters. The Morgan fingerprint density at radius 2 is 2.22 bits per heavy atom. The number of rotatable bonds is 6. The molecular formula is C11H16ClN3O3. The van der Waals surface area contributed by atoms with Crippen molar-refractivity contribution in [1.29, 1.82) is 0 Å². The van der Waals surface area contributed by atoms with Crippen LogP contribution in [0.3, 0.4) is 0 Å². The van der Waals surface area contributed by atoms with Crippen LogP contribution < -0.4 is 5.32 Å². The molecule has 0 aliphatic carbocycles. The predicted molar refractivity (Wildman–Crippen MR) is 70.0 cm³/mol. The van der Waals surface area contributed by atoms with Crippen molar-refractivity contribution < 1.29 is 9.66 Å². The van der Waals surface area contributed by atoms with Gasteiger partial charge in [0.2, 0.25) is 5.82 Å². The Kier molecular flexibility index (Phi) is 5.30. The second-order valence-electron chi connectivity index (χ2n) is 4.21. The number of hydrogen-bond donors (Lipinski definition) is 1. The highest BCUT2D eigenvalue weighted by Crippen LogP contribution is 2.25. The summed E-state index contributed by atoms with van der Waals surface area (Å²) in [4.78, 5) is 14.4. The number of anilines is 1. The molecule has 0 spiro atoms. The van der Waals surface area contributed by atoms with Gasteiger partial charge < -0.3 is 10.1 Å². The molecule has 1 unspecified atom stereocenters. The number of methoxy groups -OCH3 is 1. The van der Waals surface area contributed by atoms with Crippen LogP contribution in [0.1, 0.15) is 13.8 Å². The molecule has 100 valence electrons. The molecule has 1 aromatic rings. The van der Waals surface area contributed by atoms with Gasteiger partial charge in [-0.05, 0) is 12.0 Å². The summed E-state index contributed by atoms with van der Waals surface area (Å²) in [6.07, 6.45) is 0. The van der Waals surface area contributed by atoms with Gasteiger partial charge in [0.15, 0.2) is 0 Å². The van der Waals surface area contributed by atoms with E-state index >= 15 is 0 Å². The van der Waals surface area contributed by atoms with Crippen LogP contribution in [0.25, 0.3) is 0 Å². The van der Waals surface area contributed by atoms with Gasteiger partial charge >= 0.3 is 5.69 Å². The van der Waals surface area contributed by atoms with Gasteiger partial charge in [-0.3, -0.25) is 10.1 Å². The molecule has 0 aliphatic rings. The second-order valence-corrected chi connectivity index (χ2v) is 4.60. The smallest absolute Gasteiger partial charge is 0.311 e. The third-order valence-corrected chi connectivity index (χ3v) is 2.72. The maximum atomic E-state index is 10.9. The Labute approximate surface area is 110 Å². The molecule has 1 heterocycles. The van der Waals surface area contributed by atoms with Gasteiger partial charge in [0.1, 0.15) is 5.15 Å². The maximum Gasteiger partial charge on any atom is 0.311 e. The average Bonchev–Trinajstić information content (AvgIpc) is 2.28. The molecule has 0 aliphatic heterocycles. The fraction of sp³-hybridized carbons (Fsp3) is 0.545. The summed E-state index contributed by atoms with van der Waals surface area (Å²) in [5.74, 6) is 0.411. The number of hydrogen-bond acceptors (Lipinski definition) is 5. The first-order chi connectivity index (χ1) is 8.45. The summed E-state index contributed by atoms with van der Waals surface area (Å²) >= 11 is 5.76. The number of nitrogens with one attached hydrogen (secondary N) is 1. The van der Waals surface area contributed by atoms with E-state index in [0.717, 1.165) is 0 Å². The fourth-order valence-corrected chi connectivity index (χ4v) is 1.58. The van der Waals surface area contributed by atoms with Crippen molar-refractivity contribution in [3.63, 3.8) is 0 Å². The maximum absolute atomic E-state index is 10.9. The summed E-state index contributed by atoms with van der Waals surface area (Å²) in [7, 11) is 1.58. The van der Waals surface area contributed by atoms with Crippen molar-refractivity contribution in [2.75, 3.05) is 19.0 Å². The number of aromatic nitrogens is 1. The molecule has 0 amide bonds. The van der Waals surface area contributed by atoms with E-state index in [0.29, 0.717) is 6.61 Å². The van der Waals surface area contributed by atoms with Gasteiger partial charge in [-0.1, -0.05) is 25.4 Å². The normalized spacial score (nSPS) is 12.5. The van der Waals surface area contributed by atoms with E-state index in [1.807, 2.05) is 13.8 Å².